The summed E-state index contributed by atoms with van der Waals surface area (Å²) in [5.74, 6) is 0.534. The number of para-hydroxylation sites is 1. The summed E-state index contributed by atoms with van der Waals surface area (Å²) in [6.45, 7) is 5.06. The number of fused-ring (bicyclic) bond motifs is 1. The number of anilines is 1. The smallest absolute Gasteiger partial charge is 0.265 e. The number of nitrogens with one attached hydrogen (secondary N) is 1. The number of nitrogens with two attached hydrogens (primary N) is 1. The van der Waals surface area contributed by atoms with Crippen LogP contribution in [0.5, 0.6) is 5.75 Å². The number of halogens is 1. The average Bonchev–Trinajstić information content (AvgIpc) is 2.55. The zero-order valence-corrected chi connectivity index (χ0v) is 14.8. The molecule has 3 atom stereocenters. The summed E-state index contributed by atoms with van der Waals surface area (Å²) in [5.41, 5.74) is 7.06. The number of carbonyl (C=O) groups excluding carboxylic acids is 2. The van der Waals surface area contributed by atoms with Gasteiger partial charge in [0.05, 0.1) is 11.3 Å². The number of nitrogens with zero attached hydrogens (tertiary/aromatic N) is 1. The van der Waals surface area contributed by atoms with Crippen LogP contribution in [0, 0.1) is 5.92 Å². The molecule has 3 rings (SSSR count). The van der Waals surface area contributed by atoms with Gasteiger partial charge in [-0.05, 0) is 44.7 Å². The summed E-state index contributed by atoms with van der Waals surface area (Å²) in [6, 6.07) is 5.34. The van der Waals surface area contributed by atoms with Gasteiger partial charge in [-0.2, -0.15) is 0 Å². The van der Waals surface area contributed by atoms with Crippen molar-refractivity contribution in [2.45, 2.75) is 38.8 Å². The molecule has 3 unspecified atom stereocenters. The monoisotopic (exact) mass is 353 g/mol. The van der Waals surface area contributed by atoms with Crippen molar-refractivity contribution >= 4 is 29.9 Å². The maximum Gasteiger partial charge on any atom is 0.265 e. The molecule has 0 spiro atoms. The van der Waals surface area contributed by atoms with Crippen LogP contribution in [0.4, 0.5) is 5.69 Å². The van der Waals surface area contributed by atoms with Crippen LogP contribution < -0.4 is 15.8 Å². The van der Waals surface area contributed by atoms with E-state index >= 15 is 0 Å². The number of hydrogen-bond acceptors (Lipinski definition) is 4. The van der Waals surface area contributed by atoms with E-state index in [4.69, 9.17) is 10.5 Å². The molecule has 2 aliphatic rings. The molecule has 1 aromatic rings. The standard InChI is InChI=1S/C17H23N3O3.ClH/c1-10(18)12-5-4-8-20(9-12)17(22)13-6-3-7-14-15(13)23-11(2)16(21)19-14;/h3,6-7,10-12H,4-5,8-9,18H2,1-2H3,(H,19,21);1H. The number of ether oxygens (including phenoxy) is 1. The van der Waals surface area contributed by atoms with Crippen molar-refractivity contribution in [1.29, 1.82) is 0 Å². The fourth-order valence-corrected chi connectivity index (χ4v) is 3.19. The van der Waals surface area contributed by atoms with Gasteiger partial charge in [-0.1, -0.05) is 6.07 Å². The number of rotatable bonds is 2. The fourth-order valence-electron chi connectivity index (χ4n) is 3.19. The first kappa shape index (κ1) is 18.5. The molecule has 0 saturated carbocycles. The molecular formula is C17H24ClN3O3. The Hall–Kier alpha value is -1.79. The Morgan fingerprint density at radius 2 is 2.21 bits per heavy atom. The van der Waals surface area contributed by atoms with Gasteiger partial charge >= 0.3 is 0 Å². The van der Waals surface area contributed by atoms with Gasteiger partial charge in [0.2, 0.25) is 0 Å². The second kappa shape index (κ2) is 7.40. The van der Waals surface area contributed by atoms with Crippen LogP contribution in [0.25, 0.3) is 0 Å². The van der Waals surface area contributed by atoms with Gasteiger partial charge in [0.25, 0.3) is 11.8 Å². The maximum atomic E-state index is 12.9. The third-order valence-electron chi connectivity index (χ3n) is 4.66. The lowest BCUT2D eigenvalue weighted by Crippen LogP contribution is -2.45. The predicted molar refractivity (Wildman–Crippen MR) is 94.7 cm³/mol. The van der Waals surface area contributed by atoms with E-state index in [9.17, 15) is 9.59 Å². The average molecular weight is 354 g/mol. The number of hydrogen-bond donors (Lipinski definition) is 2. The van der Waals surface area contributed by atoms with Crippen molar-refractivity contribution in [3.63, 3.8) is 0 Å². The highest BCUT2D eigenvalue weighted by atomic mass is 35.5. The van der Waals surface area contributed by atoms with Crippen molar-refractivity contribution in [2.24, 2.45) is 11.7 Å². The Labute approximate surface area is 148 Å². The molecule has 2 amide bonds. The molecule has 7 heteroatoms. The van der Waals surface area contributed by atoms with E-state index in [2.05, 4.69) is 5.32 Å². The topological polar surface area (TPSA) is 84.7 Å². The Kier molecular flexibility index (Phi) is 5.72. The van der Waals surface area contributed by atoms with E-state index in [0.717, 1.165) is 19.4 Å². The molecular weight excluding hydrogens is 330 g/mol. The van der Waals surface area contributed by atoms with Gasteiger partial charge < -0.3 is 20.7 Å². The van der Waals surface area contributed by atoms with Crippen LogP contribution in [0.2, 0.25) is 0 Å². The summed E-state index contributed by atoms with van der Waals surface area (Å²) in [6.07, 6.45) is 1.41. The van der Waals surface area contributed by atoms with E-state index in [1.807, 2.05) is 11.8 Å². The SMILES string of the molecule is CC1Oc2c(cccc2C(=O)N2CCCC(C(C)N)C2)NC1=O.Cl. The molecule has 0 aliphatic carbocycles. The van der Waals surface area contributed by atoms with Gasteiger partial charge in [0.15, 0.2) is 11.9 Å². The predicted octanol–water partition coefficient (Wildman–Crippen LogP) is 2.03. The molecule has 0 bridgehead atoms. The van der Waals surface area contributed by atoms with Crippen LogP contribution in [0.1, 0.15) is 37.0 Å². The Balaban J connectivity index is 0.00000208. The second-order valence-electron chi connectivity index (χ2n) is 6.44. The fraction of sp³-hybridized carbons (Fsp3) is 0.529. The third-order valence-corrected chi connectivity index (χ3v) is 4.66. The molecule has 1 fully saturated rings. The number of amides is 2. The zero-order valence-electron chi connectivity index (χ0n) is 14.0. The van der Waals surface area contributed by atoms with E-state index in [1.165, 1.54) is 0 Å². The van der Waals surface area contributed by atoms with E-state index < -0.39 is 6.10 Å². The minimum absolute atomic E-state index is 0. The summed E-state index contributed by atoms with van der Waals surface area (Å²) in [4.78, 5) is 26.5. The first-order chi connectivity index (χ1) is 11.0. The number of carbonyl (C=O) groups is 2. The molecule has 1 saturated heterocycles. The third kappa shape index (κ3) is 3.49. The molecule has 2 aliphatic heterocycles. The van der Waals surface area contributed by atoms with E-state index in [0.29, 0.717) is 29.5 Å². The quantitative estimate of drug-likeness (QED) is 0.852. The summed E-state index contributed by atoms with van der Waals surface area (Å²) in [7, 11) is 0. The zero-order chi connectivity index (χ0) is 16.6. The molecule has 6 nitrogen and oxygen atoms in total. The summed E-state index contributed by atoms with van der Waals surface area (Å²) in [5, 5.41) is 2.78. The number of piperidine rings is 1. The van der Waals surface area contributed by atoms with Crippen molar-refractivity contribution in [3.8, 4) is 5.75 Å². The molecule has 132 valence electrons. The molecule has 3 N–H and O–H groups in total. The van der Waals surface area contributed by atoms with E-state index in [-0.39, 0.29) is 30.3 Å². The van der Waals surface area contributed by atoms with Gasteiger partial charge in [-0.25, -0.2) is 0 Å². The molecule has 0 radical (unpaired) electrons. The molecule has 0 aromatic heterocycles. The molecule has 1 aromatic carbocycles. The van der Waals surface area contributed by atoms with Crippen molar-refractivity contribution < 1.29 is 14.3 Å². The second-order valence-corrected chi connectivity index (χ2v) is 6.44. The highest BCUT2D eigenvalue weighted by Crippen LogP contribution is 2.34. The largest absolute Gasteiger partial charge is 0.478 e. The Morgan fingerprint density at radius 1 is 1.46 bits per heavy atom. The Morgan fingerprint density at radius 3 is 2.92 bits per heavy atom. The number of benzene rings is 1. The first-order valence-electron chi connectivity index (χ1n) is 8.12. The molecule has 2 heterocycles. The van der Waals surface area contributed by atoms with E-state index in [1.54, 1.807) is 25.1 Å². The molecule has 24 heavy (non-hydrogen) atoms. The highest BCUT2D eigenvalue weighted by Gasteiger charge is 2.31. The highest BCUT2D eigenvalue weighted by molar-refractivity contribution is 6.04. The van der Waals surface area contributed by atoms with Gasteiger partial charge in [0, 0.05) is 19.1 Å². The summed E-state index contributed by atoms with van der Waals surface area (Å²) < 4.78 is 5.68. The van der Waals surface area contributed by atoms with Gasteiger partial charge in [0.1, 0.15) is 0 Å². The van der Waals surface area contributed by atoms with Crippen molar-refractivity contribution in [1.82, 2.24) is 4.90 Å². The van der Waals surface area contributed by atoms with Gasteiger partial charge in [-0.15, -0.1) is 12.4 Å². The van der Waals surface area contributed by atoms with Crippen LogP contribution in [0.15, 0.2) is 18.2 Å². The Bertz CT molecular complexity index is 636. The van der Waals surface area contributed by atoms with Crippen LogP contribution in [-0.4, -0.2) is 41.9 Å². The van der Waals surface area contributed by atoms with Crippen LogP contribution in [-0.2, 0) is 4.79 Å². The summed E-state index contributed by atoms with van der Waals surface area (Å²) >= 11 is 0. The minimum atomic E-state index is -0.602. The van der Waals surface area contributed by atoms with Crippen LogP contribution >= 0.6 is 12.4 Å². The maximum absolute atomic E-state index is 12.9. The lowest BCUT2D eigenvalue weighted by Gasteiger charge is -2.35. The minimum Gasteiger partial charge on any atom is -0.478 e. The normalized spacial score (nSPS) is 24.1. The van der Waals surface area contributed by atoms with Crippen molar-refractivity contribution in [2.75, 3.05) is 18.4 Å². The van der Waals surface area contributed by atoms with Crippen LogP contribution in [0.3, 0.4) is 0 Å². The lowest BCUT2D eigenvalue weighted by molar-refractivity contribution is -0.122. The van der Waals surface area contributed by atoms with Crippen molar-refractivity contribution in [3.05, 3.63) is 23.8 Å². The first-order valence-corrected chi connectivity index (χ1v) is 8.12. The van der Waals surface area contributed by atoms with Gasteiger partial charge in [-0.3, -0.25) is 9.59 Å². The number of likely N-dealkylation sites (tertiary alicyclic amines) is 1. The lowest BCUT2D eigenvalue weighted by atomic mass is 9.91.